The number of rotatable bonds is 6. The molecular formula is C8H18S3. The Hall–Kier alpha value is 1.05. The largest absolute Gasteiger partial charge is 0.179 e. The Morgan fingerprint density at radius 1 is 1.00 bits per heavy atom. The van der Waals surface area contributed by atoms with Crippen LogP contribution < -0.4 is 0 Å². The topological polar surface area (TPSA) is 0 Å². The summed E-state index contributed by atoms with van der Waals surface area (Å²) in [5.41, 5.74) is 0.269. The molecule has 0 atom stereocenters. The highest BCUT2D eigenvalue weighted by molar-refractivity contribution is 7.82. The van der Waals surface area contributed by atoms with Crippen LogP contribution in [0.3, 0.4) is 0 Å². The fourth-order valence-corrected chi connectivity index (χ4v) is 2.61. The monoisotopic (exact) mass is 210 g/mol. The molecule has 0 aliphatic carbocycles. The van der Waals surface area contributed by atoms with Gasteiger partial charge in [0, 0.05) is 0 Å². The number of unbranched alkanes of at least 4 members (excludes halogenated alkanes) is 1. The summed E-state index contributed by atoms with van der Waals surface area (Å²) in [6, 6.07) is 0. The first-order valence-electron chi connectivity index (χ1n) is 4.07. The molecule has 0 saturated heterocycles. The summed E-state index contributed by atoms with van der Waals surface area (Å²) < 4.78 is 0. The van der Waals surface area contributed by atoms with Gasteiger partial charge in [0.1, 0.15) is 0 Å². The minimum Gasteiger partial charge on any atom is -0.179 e. The van der Waals surface area contributed by atoms with Crippen molar-refractivity contribution in [3.05, 3.63) is 0 Å². The number of hydrogen-bond acceptors (Lipinski definition) is 3. The maximum Gasteiger partial charge on any atom is -0.00255 e. The molecule has 0 unspecified atom stereocenters. The first-order valence-corrected chi connectivity index (χ1v) is 5.97. The average Bonchev–Trinajstić information content (AvgIpc) is 2.08. The molecule has 0 aliphatic heterocycles. The van der Waals surface area contributed by atoms with Gasteiger partial charge in [-0.15, -0.1) is 0 Å². The smallest absolute Gasteiger partial charge is 0.00255 e. The van der Waals surface area contributed by atoms with Crippen LogP contribution >= 0.6 is 37.9 Å². The molecule has 0 fully saturated rings. The highest BCUT2D eigenvalue weighted by atomic mass is 32.1. The van der Waals surface area contributed by atoms with Gasteiger partial charge in [0.05, 0.1) is 0 Å². The lowest BCUT2D eigenvalue weighted by molar-refractivity contribution is 0.393. The molecule has 0 spiro atoms. The van der Waals surface area contributed by atoms with E-state index in [2.05, 4.69) is 44.8 Å². The molecule has 0 amide bonds. The molecule has 11 heavy (non-hydrogen) atoms. The van der Waals surface area contributed by atoms with Crippen LogP contribution in [0.1, 0.15) is 26.2 Å². The predicted molar refractivity (Wildman–Crippen MR) is 63.5 cm³/mol. The molecule has 0 aliphatic rings. The highest BCUT2D eigenvalue weighted by Gasteiger charge is 2.24. The summed E-state index contributed by atoms with van der Waals surface area (Å²) in [4.78, 5) is 0. The Bertz CT molecular complexity index is 81.1. The van der Waals surface area contributed by atoms with Crippen molar-refractivity contribution in [3.63, 3.8) is 0 Å². The minimum atomic E-state index is 0.269. The molecule has 0 nitrogen and oxygen atoms in total. The third-order valence-corrected chi connectivity index (χ3v) is 4.08. The van der Waals surface area contributed by atoms with Crippen molar-refractivity contribution in [2.45, 2.75) is 26.2 Å². The summed E-state index contributed by atoms with van der Waals surface area (Å²) in [6.45, 7) is 2.21. The Kier molecular flexibility index (Phi) is 7.18. The molecular weight excluding hydrogens is 192 g/mol. The van der Waals surface area contributed by atoms with Gasteiger partial charge in [0.2, 0.25) is 0 Å². The normalized spacial score (nSPS) is 12.0. The zero-order chi connectivity index (χ0) is 8.74. The quantitative estimate of drug-likeness (QED) is 0.552. The van der Waals surface area contributed by atoms with Gasteiger partial charge in [0.25, 0.3) is 0 Å². The van der Waals surface area contributed by atoms with Crippen molar-refractivity contribution in [1.82, 2.24) is 0 Å². The van der Waals surface area contributed by atoms with E-state index in [-0.39, 0.29) is 5.41 Å². The van der Waals surface area contributed by atoms with Gasteiger partial charge < -0.3 is 0 Å². The van der Waals surface area contributed by atoms with Crippen molar-refractivity contribution >= 4 is 37.9 Å². The third-order valence-electron chi connectivity index (χ3n) is 2.07. The molecule has 0 heterocycles. The average molecular weight is 210 g/mol. The van der Waals surface area contributed by atoms with E-state index in [1.807, 2.05) is 0 Å². The van der Waals surface area contributed by atoms with Crippen LogP contribution in [0.4, 0.5) is 0 Å². The van der Waals surface area contributed by atoms with E-state index in [0.717, 1.165) is 17.3 Å². The van der Waals surface area contributed by atoms with Crippen LogP contribution in [0.25, 0.3) is 0 Å². The minimum absolute atomic E-state index is 0.269. The van der Waals surface area contributed by atoms with E-state index in [9.17, 15) is 0 Å². The van der Waals surface area contributed by atoms with Gasteiger partial charge in [-0.2, -0.15) is 37.9 Å². The Morgan fingerprint density at radius 2 is 1.45 bits per heavy atom. The third kappa shape index (κ3) is 4.00. The van der Waals surface area contributed by atoms with Gasteiger partial charge >= 0.3 is 0 Å². The zero-order valence-corrected chi connectivity index (χ0v) is 9.77. The first-order chi connectivity index (χ1) is 5.24. The van der Waals surface area contributed by atoms with E-state index in [1.54, 1.807) is 0 Å². The Labute approximate surface area is 86.8 Å². The maximum atomic E-state index is 4.34. The molecule has 0 saturated carbocycles. The van der Waals surface area contributed by atoms with Crippen molar-refractivity contribution in [2.24, 2.45) is 5.41 Å². The number of thiol groups is 3. The lowest BCUT2D eigenvalue weighted by Crippen LogP contribution is -2.27. The van der Waals surface area contributed by atoms with Gasteiger partial charge in [0.15, 0.2) is 0 Å². The van der Waals surface area contributed by atoms with Crippen molar-refractivity contribution in [2.75, 3.05) is 17.3 Å². The number of hydrogen-bond donors (Lipinski definition) is 3. The van der Waals surface area contributed by atoms with Crippen molar-refractivity contribution in [1.29, 1.82) is 0 Å². The lowest BCUT2D eigenvalue weighted by Gasteiger charge is -2.28. The molecule has 0 aromatic carbocycles. The standard InChI is InChI=1S/C8H18S3/c1-2-3-4-8(5-9,6-10)7-11/h9-11H,2-7H2,1H3. The van der Waals surface area contributed by atoms with Crippen LogP contribution in [0, 0.1) is 5.41 Å². The van der Waals surface area contributed by atoms with Gasteiger partial charge in [-0.25, -0.2) is 0 Å². The van der Waals surface area contributed by atoms with Crippen molar-refractivity contribution in [3.8, 4) is 0 Å². The zero-order valence-electron chi connectivity index (χ0n) is 7.08. The van der Waals surface area contributed by atoms with Gasteiger partial charge in [-0.3, -0.25) is 0 Å². The SMILES string of the molecule is CCCCC(CS)(CS)CS. The molecule has 0 rings (SSSR count). The van der Waals surface area contributed by atoms with Crippen molar-refractivity contribution < 1.29 is 0 Å². The van der Waals surface area contributed by atoms with E-state index in [4.69, 9.17) is 0 Å². The molecule has 0 N–H and O–H groups in total. The summed E-state index contributed by atoms with van der Waals surface area (Å²) in [5.74, 6) is 2.71. The van der Waals surface area contributed by atoms with Gasteiger partial charge in [-0.05, 0) is 29.1 Å². The second-order valence-electron chi connectivity index (χ2n) is 3.08. The fraction of sp³-hybridized carbons (Fsp3) is 1.00. The second-order valence-corrected chi connectivity index (χ2v) is 4.03. The summed E-state index contributed by atoms with van der Waals surface area (Å²) in [7, 11) is 0. The molecule has 0 aromatic heterocycles. The van der Waals surface area contributed by atoms with E-state index >= 15 is 0 Å². The lowest BCUT2D eigenvalue weighted by atomic mass is 9.89. The van der Waals surface area contributed by atoms with Crippen LogP contribution in [-0.2, 0) is 0 Å². The summed E-state index contributed by atoms with van der Waals surface area (Å²) in [5, 5.41) is 0. The second kappa shape index (κ2) is 6.55. The molecule has 68 valence electrons. The van der Waals surface area contributed by atoms with E-state index < -0.39 is 0 Å². The molecule has 0 bridgehead atoms. The Balaban J connectivity index is 3.84. The molecule has 0 aromatic rings. The Morgan fingerprint density at radius 3 is 1.73 bits per heavy atom. The van der Waals surface area contributed by atoms with Crippen LogP contribution in [0.2, 0.25) is 0 Å². The van der Waals surface area contributed by atoms with E-state index in [1.165, 1.54) is 19.3 Å². The summed E-state index contributed by atoms with van der Waals surface area (Å²) in [6.07, 6.45) is 3.72. The maximum absolute atomic E-state index is 4.34. The van der Waals surface area contributed by atoms with Gasteiger partial charge in [-0.1, -0.05) is 19.8 Å². The molecule has 0 radical (unpaired) electrons. The first kappa shape index (κ1) is 12.0. The van der Waals surface area contributed by atoms with Crippen LogP contribution in [0.15, 0.2) is 0 Å². The highest BCUT2D eigenvalue weighted by Crippen LogP contribution is 2.28. The predicted octanol–water partition coefficient (Wildman–Crippen LogP) is 2.95. The van der Waals surface area contributed by atoms with Crippen LogP contribution in [0.5, 0.6) is 0 Å². The summed E-state index contributed by atoms with van der Waals surface area (Å²) >= 11 is 13.0. The van der Waals surface area contributed by atoms with Crippen LogP contribution in [-0.4, -0.2) is 17.3 Å². The van der Waals surface area contributed by atoms with E-state index in [0.29, 0.717) is 0 Å². The molecule has 3 heteroatoms. The fourth-order valence-electron chi connectivity index (χ4n) is 0.939.